The summed E-state index contributed by atoms with van der Waals surface area (Å²) < 4.78 is 0. The number of benzene rings is 1. The van der Waals surface area contributed by atoms with E-state index in [4.69, 9.17) is 5.26 Å². The number of anilines is 1. The number of nitrogens with one attached hydrogen (secondary N) is 1. The highest BCUT2D eigenvalue weighted by molar-refractivity contribution is 6.05. The number of fused-ring (bicyclic) bond motifs is 1. The van der Waals surface area contributed by atoms with Crippen molar-refractivity contribution < 1.29 is 14.4 Å². The van der Waals surface area contributed by atoms with Crippen LogP contribution in [0.3, 0.4) is 0 Å². The number of hydrogen-bond donors (Lipinski definition) is 1. The van der Waals surface area contributed by atoms with Gasteiger partial charge in [0.15, 0.2) is 0 Å². The average molecular weight is 339 g/mol. The van der Waals surface area contributed by atoms with Gasteiger partial charge in [0, 0.05) is 18.7 Å². The Morgan fingerprint density at radius 3 is 2.28 bits per heavy atom. The Balaban J connectivity index is 1.53. The minimum atomic E-state index is -0.233. The lowest BCUT2D eigenvalue weighted by atomic mass is 9.81. The zero-order valence-electron chi connectivity index (χ0n) is 14.0. The van der Waals surface area contributed by atoms with Crippen molar-refractivity contribution in [1.82, 2.24) is 4.90 Å². The Kier molecular flexibility index (Phi) is 5.13. The van der Waals surface area contributed by atoms with Crippen molar-refractivity contribution in [2.45, 2.75) is 38.5 Å². The third kappa shape index (κ3) is 3.71. The fourth-order valence-electron chi connectivity index (χ4n) is 3.69. The van der Waals surface area contributed by atoms with Gasteiger partial charge in [0.2, 0.25) is 17.7 Å². The van der Waals surface area contributed by atoms with E-state index in [1.807, 2.05) is 0 Å². The minimum absolute atomic E-state index is 0.0941. The topological polar surface area (TPSA) is 90.3 Å². The van der Waals surface area contributed by atoms with Crippen LogP contribution in [0.5, 0.6) is 0 Å². The van der Waals surface area contributed by atoms with E-state index < -0.39 is 0 Å². The van der Waals surface area contributed by atoms with Gasteiger partial charge in [-0.1, -0.05) is 25.0 Å². The zero-order valence-corrected chi connectivity index (χ0v) is 14.0. The van der Waals surface area contributed by atoms with Gasteiger partial charge in [-0.05, 0) is 30.5 Å². The summed E-state index contributed by atoms with van der Waals surface area (Å²) in [5.74, 6) is -0.788. The molecule has 1 aliphatic heterocycles. The van der Waals surface area contributed by atoms with Crippen molar-refractivity contribution in [2.24, 2.45) is 11.8 Å². The lowest BCUT2D eigenvalue weighted by Gasteiger charge is -2.19. The monoisotopic (exact) mass is 339 g/mol. The molecule has 6 heteroatoms. The van der Waals surface area contributed by atoms with Crippen molar-refractivity contribution in [1.29, 1.82) is 5.26 Å². The standard InChI is InChI=1S/C19H21N3O3/c20-11-9-13-5-7-14(8-6-13)21-17(23)10-12-22-18(24)15-3-1-2-4-16(15)19(22)25/h5-8,15-16H,1-4,9-10,12H2,(H,21,23)/t15-,16+. The lowest BCUT2D eigenvalue weighted by molar-refractivity contribution is -0.140. The van der Waals surface area contributed by atoms with Crippen LogP contribution in [0, 0.1) is 23.2 Å². The van der Waals surface area contributed by atoms with Crippen molar-refractivity contribution in [2.75, 3.05) is 11.9 Å². The predicted octanol–water partition coefficient (Wildman–Crippen LogP) is 2.26. The first-order valence-corrected chi connectivity index (χ1v) is 8.71. The molecule has 0 radical (unpaired) electrons. The third-order valence-electron chi connectivity index (χ3n) is 5.02. The Morgan fingerprint density at radius 1 is 1.12 bits per heavy atom. The molecule has 3 amide bonds. The van der Waals surface area contributed by atoms with E-state index in [1.165, 1.54) is 4.90 Å². The highest BCUT2D eigenvalue weighted by atomic mass is 16.2. The quantitative estimate of drug-likeness (QED) is 0.833. The maximum atomic E-state index is 12.4. The van der Waals surface area contributed by atoms with Gasteiger partial charge < -0.3 is 5.32 Å². The average Bonchev–Trinajstić information content (AvgIpc) is 2.86. The molecule has 1 N–H and O–H groups in total. The first-order chi connectivity index (χ1) is 12.1. The number of nitrogens with zero attached hydrogens (tertiary/aromatic N) is 2. The smallest absolute Gasteiger partial charge is 0.233 e. The molecule has 3 rings (SSSR count). The summed E-state index contributed by atoms with van der Waals surface area (Å²) in [5, 5.41) is 11.4. The highest BCUT2D eigenvalue weighted by Gasteiger charge is 2.47. The van der Waals surface area contributed by atoms with Crippen LogP contribution in [0.1, 0.15) is 37.7 Å². The Bertz CT molecular complexity index is 696. The summed E-state index contributed by atoms with van der Waals surface area (Å²) in [4.78, 5) is 38.1. The second kappa shape index (κ2) is 7.47. The maximum absolute atomic E-state index is 12.4. The van der Waals surface area contributed by atoms with Crippen molar-refractivity contribution in [3.8, 4) is 6.07 Å². The molecular weight excluding hydrogens is 318 g/mol. The van der Waals surface area contributed by atoms with Crippen LogP contribution in [-0.4, -0.2) is 29.2 Å². The lowest BCUT2D eigenvalue weighted by Crippen LogP contribution is -2.34. The van der Waals surface area contributed by atoms with E-state index >= 15 is 0 Å². The van der Waals surface area contributed by atoms with E-state index in [-0.39, 0.29) is 42.5 Å². The number of likely N-dealkylation sites (tertiary alicyclic amines) is 1. The predicted molar refractivity (Wildman–Crippen MR) is 91.2 cm³/mol. The summed E-state index contributed by atoms with van der Waals surface area (Å²) in [5.41, 5.74) is 1.52. The molecule has 0 aromatic heterocycles. The van der Waals surface area contributed by atoms with E-state index in [1.54, 1.807) is 24.3 Å². The molecule has 1 aromatic carbocycles. The molecule has 1 saturated carbocycles. The number of rotatable bonds is 5. The summed E-state index contributed by atoms with van der Waals surface area (Å²) in [6, 6.07) is 9.13. The van der Waals surface area contributed by atoms with Crippen molar-refractivity contribution >= 4 is 23.4 Å². The van der Waals surface area contributed by atoms with Gasteiger partial charge in [-0.3, -0.25) is 19.3 Å². The molecule has 1 heterocycles. The van der Waals surface area contributed by atoms with Gasteiger partial charge in [0.05, 0.1) is 24.3 Å². The molecule has 1 aromatic rings. The molecule has 1 saturated heterocycles. The van der Waals surface area contributed by atoms with Crippen LogP contribution >= 0.6 is 0 Å². The molecule has 0 spiro atoms. The van der Waals surface area contributed by atoms with Crippen LogP contribution in [-0.2, 0) is 20.8 Å². The van der Waals surface area contributed by atoms with Crippen LogP contribution < -0.4 is 5.32 Å². The fourth-order valence-corrected chi connectivity index (χ4v) is 3.69. The number of amides is 3. The molecule has 2 atom stereocenters. The van der Waals surface area contributed by atoms with Gasteiger partial charge >= 0.3 is 0 Å². The number of carbonyl (C=O) groups excluding carboxylic acids is 3. The first kappa shape index (κ1) is 17.2. The highest BCUT2D eigenvalue weighted by Crippen LogP contribution is 2.37. The Morgan fingerprint density at radius 2 is 1.72 bits per heavy atom. The molecule has 6 nitrogen and oxygen atoms in total. The van der Waals surface area contributed by atoms with Gasteiger partial charge in [-0.2, -0.15) is 5.26 Å². The summed E-state index contributed by atoms with van der Waals surface area (Å²) in [7, 11) is 0. The van der Waals surface area contributed by atoms with Crippen LogP contribution in [0.15, 0.2) is 24.3 Å². The van der Waals surface area contributed by atoms with E-state index in [0.29, 0.717) is 12.1 Å². The van der Waals surface area contributed by atoms with Gasteiger partial charge in [-0.25, -0.2) is 0 Å². The largest absolute Gasteiger partial charge is 0.326 e. The molecule has 2 fully saturated rings. The number of nitriles is 1. The molecule has 1 aliphatic carbocycles. The van der Waals surface area contributed by atoms with Crippen molar-refractivity contribution in [3.05, 3.63) is 29.8 Å². The van der Waals surface area contributed by atoms with Gasteiger partial charge in [0.1, 0.15) is 0 Å². The fraction of sp³-hybridized carbons (Fsp3) is 0.474. The molecule has 0 unspecified atom stereocenters. The normalized spacial score (nSPS) is 22.4. The summed E-state index contributed by atoms with van der Waals surface area (Å²) in [6.07, 6.45) is 3.99. The van der Waals surface area contributed by atoms with Gasteiger partial charge in [0.25, 0.3) is 0 Å². The molecule has 2 aliphatic rings. The number of imide groups is 1. The Labute approximate surface area is 146 Å². The number of hydrogen-bond acceptors (Lipinski definition) is 4. The Hall–Kier alpha value is -2.68. The first-order valence-electron chi connectivity index (χ1n) is 8.71. The molecular formula is C19H21N3O3. The molecule has 25 heavy (non-hydrogen) atoms. The second-order valence-corrected chi connectivity index (χ2v) is 6.66. The van der Waals surface area contributed by atoms with E-state index in [9.17, 15) is 14.4 Å². The number of carbonyl (C=O) groups is 3. The van der Waals surface area contributed by atoms with Crippen molar-refractivity contribution in [3.63, 3.8) is 0 Å². The maximum Gasteiger partial charge on any atom is 0.233 e. The van der Waals surface area contributed by atoms with Gasteiger partial charge in [-0.15, -0.1) is 0 Å². The second-order valence-electron chi connectivity index (χ2n) is 6.66. The molecule has 130 valence electrons. The van der Waals surface area contributed by atoms with Crippen LogP contribution in [0.4, 0.5) is 5.69 Å². The van der Waals surface area contributed by atoms with Crippen LogP contribution in [0.25, 0.3) is 0 Å². The summed E-state index contributed by atoms with van der Waals surface area (Å²) in [6.45, 7) is 0.142. The minimum Gasteiger partial charge on any atom is -0.326 e. The summed E-state index contributed by atoms with van der Waals surface area (Å²) >= 11 is 0. The SMILES string of the molecule is N#CCc1ccc(NC(=O)CCN2C(=O)[C@H]3CCCC[C@H]3C2=O)cc1. The zero-order chi connectivity index (χ0) is 17.8. The molecule has 0 bridgehead atoms. The van der Waals surface area contributed by atoms with E-state index in [0.717, 1.165) is 31.2 Å². The van der Waals surface area contributed by atoms with Crippen LogP contribution in [0.2, 0.25) is 0 Å². The van der Waals surface area contributed by atoms with E-state index in [2.05, 4.69) is 11.4 Å². The third-order valence-corrected chi connectivity index (χ3v) is 5.02.